The van der Waals surface area contributed by atoms with Crippen molar-refractivity contribution in [2.24, 2.45) is 0 Å². The van der Waals surface area contributed by atoms with Crippen LogP contribution >= 0.6 is 11.6 Å². The molecule has 2 aromatic rings. The van der Waals surface area contributed by atoms with Gasteiger partial charge in [-0.15, -0.1) is 0 Å². The number of fused-ring (bicyclic) bond motifs is 1. The number of aromatic nitrogens is 4. The molecule has 3 rings (SSSR count). The van der Waals surface area contributed by atoms with Gasteiger partial charge >= 0.3 is 0 Å². The summed E-state index contributed by atoms with van der Waals surface area (Å²) < 4.78 is 7.19. The van der Waals surface area contributed by atoms with Gasteiger partial charge in [0.25, 0.3) is 0 Å². The Morgan fingerprint density at radius 3 is 3.20 bits per heavy atom. The van der Waals surface area contributed by atoms with E-state index in [2.05, 4.69) is 15.1 Å². The topological polar surface area (TPSA) is 52.8 Å². The van der Waals surface area contributed by atoms with E-state index in [4.69, 9.17) is 16.3 Å². The Morgan fingerprint density at radius 2 is 2.40 bits per heavy atom. The first kappa shape index (κ1) is 9.06. The van der Waals surface area contributed by atoms with Crippen LogP contribution in [0.5, 0.6) is 0 Å². The third kappa shape index (κ3) is 1.48. The standard InChI is InChI=1S/C9H9ClN4O/c10-9-11-3-6-4-12-14(8(6)13-9)7-1-2-15-5-7/h3-4,7H,1-2,5H2/t7-/m0/s1. The Morgan fingerprint density at radius 1 is 1.47 bits per heavy atom. The third-order valence-electron chi connectivity index (χ3n) is 2.56. The van der Waals surface area contributed by atoms with Crippen molar-refractivity contribution < 1.29 is 4.74 Å². The summed E-state index contributed by atoms with van der Waals surface area (Å²) >= 11 is 5.76. The van der Waals surface area contributed by atoms with Crippen LogP contribution in [0.2, 0.25) is 5.28 Å². The molecule has 0 spiro atoms. The van der Waals surface area contributed by atoms with Crippen molar-refractivity contribution in [3.05, 3.63) is 17.7 Å². The minimum atomic E-state index is 0.253. The highest BCUT2D eigenvalue weighted by atomic mass is 35.5. The fraction of sp³-hybridized carbons (Fsp3) is 0.444. The smallest absolute Gasteiger partial charge is 0.224 e. The second-order valence-electron chi connectivity index (χ2n) is 3.52. The first-order valence-electron chi connectivity index (χ1n) is 4.78. The Hall–Kier alpha value is -1.20. The van der Waals surface area contributed by atoms with Gasteiger partial charge in [-0.1, -0.05) is 0 Å². The van der Waals surface area contributed by atoms with Crippen molar-refractivity contribution in [3.8, 4) is 0 Å². The SMILES string of the molecule is Clc1ncc2cnn([C@H]3CCOC3)c2n1. The number of rotatable bonds is 1. The molecule has 0 bridgehead atoms. The molecule has 78 valence electrons. The van der Waals surface area contributed by atoms with Crippen molar-refractivity contribution in [1.29, 1.82) is 0 Å². The summed E-state index contributed by atoms with van der Waals surface area (Å²) in [5, 5.41) is 5.46. The molecule has 1 aliphatic rings. The molecule has 1 saturated heterocycles. The quantitative estimate of drug-likeness (QED) is 0.688. The van der Waals surface area contributed by atoms with Crippen LogP contribution in [-0.2, 0) is 4.74 Å². The van der Waals surface area contributed by atoms with Crippen LogP contribution in [0.25, 0.3) is 11.0 Å². The first-order chi connectivity index (χ1) is 7.34. The second kappa shape index (κ2) is 3.43. The van der Waals surface area contributed by atoms with Gasteiger partial charge in [0.15, 0.2) is 5.65 Å². The second-order valence-corrected chi connectivity index (χ2v) is 3.86. The predicted octanol–water partition coefficient (Wildman–Crippen LogP) is 1.44. The average Bonchev–Trinajstić information content (AvgIpc) is 2.83. The van der Waals surface area contributed by atoms with E-state index >= 15 is 0 Å². The number of hydrogen-bond donors (Lipinski definition) is 0. The maximum absolute atomic E-state index is 5.76. The van der Waals surface area contributed by atoms with E-state index in [0.717, 1.165) is 24.1 Å². The van der Waals surface area contributed by atoms with Gasteiger partial charge in [-0.25, -0.2) is 9.67 Å². The van der Waals surface area contributed by atoms with E-state index in [-0.39, 0.29) is 11.3 Å². The Labute approximate surface area is 91.0 Å². The van der Waals surface area contributed by atoms with E-state index in [1.54, 1.807) is 12.4 Å². The van der Waals surface area contributed by atoms with Crippen molar-refractivity contribution in [2.45, 2.75) is 12.5 Å². The lowest BCUT2D eigenvalue weighted by atomic mass is 10.3. The minimum Gasteiger partial charge on any atom is -0.379 e. The number of ether oxygens (including phenoxy) is 1. The van der Waals surface area contributed by atoms with Crippen molar-refractivity contribution in [1.82, 2.24) is 19.7 Å². The fourth-order valence-electron chi connectivity index (χ4n) is 1.80. The molecule has 6 heteroatoms. The van der Waals surface area contributed by atoms with Gasteiger partial charge in [-0.05, 0) is 18.0 Å². The van der Waals surface area contributed by atoms with Crippen molar-refractivity contribution in [3.63, 3.8) is 0 Å². The van der Waals surface area contributed by atoms with Gasteiger partial charge in [-0.3, -0.25) is 0 Å². The normalized spacial score (nSPS) is 21.3. The molecule has 3 heterocycles. The average molecular weight is 225 g/mol. The molecule has 5 nitrogen and oxygen atoms in total. The lowest BCUT2D eigenvalue weighted by molar-refractivity contribution is 0.185. The molecule has 1 fully saturated rings. The van der Waals surface area contributed by atoms with Crippen LogP contribution in [-0.4, -0.2) is 33.0 Å². The van der Waals surface area contributed by atoms with Gasteiger partial charge in [0, 0.05) is 12.8 Å². The monoisotopic (exact) mass is 224 g/mol. The summed E-state index contributed by atoms with van der Waals surface area (Å²) in [6.07, 6.45) is 4.41. The zero-order chi connectivity index (χ0) is 10.3. The summed E-state index contributed by atoms with van der Waals surface area (Å²) in [6, 6.07) is 0.272. The van der Waals surface area contributed by atoms with E-state index in [1.807, 2.05) is 4.68 Å². The molecule has 0 aromatic carbocycles. The van der Waals surface area contributed by atoms with Gasteiger partial charge in [-0.2, -0.15) is 10.1 Å². The van der Waals surface area contributed by atoms with Crippen LogP contribution in [0.1, 0.15) is 12.5 Å². The molecule has 0 radical (unpaired) electrons. The van der Waals surface area contributed by atoms with E-state index < -0.39 is 0 Å². The third-order valence-corrected chi connectivity index (χ3v) is 2.74. The van der Waals surface area contributed by atoms with Crippen LogP contribution in [0.3, 0.4) is 0 Å². The molecule has 0 aliphatic carbocycles. The van der Waals surface area contributed by atoms with E-state index in [9.17, 15) is 0 Å². The Kier molecular flexibility index (Phi) is 2.07. The molecular weight excluding hydrogens is 216 g/mol. The summed E-state index contributed by atoms with van der Waals surface area (Å²) in [6.45, 7) is 1.48. The molecule has 2 aromatic heterocycles. The van der Waals surface area contributed by atoms with E-state index in [0.29, 0.717) is 6.61 Å². The largest absolute Gasteiger partial charge is 0.379 e. The molecule has 0 N–H and O–H groups in total. The minimum absolute atomic E-state index is 0.253. The van der Waals surface area contributed by atoms with Gasteiger partial charge < -0.3 is 4.74 Å². The molecule has 0 saturated carbocycles. The Balaban J connectivity index is 2.13. The van der Waals surface area contributed by atoms with Crippen molar-refractivity contribution in [2.75, 3.05) is 13.2 Å². The zero-order valence-corrected chi connectivity index (χ0v) is 8.68. The lowest BCUT2D eigenvalue weighted by Gasteiger charge is -2.08. The number of hydrogen-bond acceptors (Lipinski definition) is 4. The summed E-state index contributed by atoms with van der Waals surface area (Å²) in [5.74, 6) is 0. The predicted molar refractivity (Wildman–Crippen MR) is 54.8 cm³/mol. The van der Waals surface area contributed by atoms with Gasteiger partial charge in [0.1, 0.15) is 0 Å². The van der Waals surface area contributed by atoms with E-state index in [1.165, 1.54) is 0 Å². The number of halogens is 1. The fourth-order valence-corrected chi connectivity index (χ4v) is 1.93. The van der Waals surface area contributed by atoms with Gasteiger partial charge in [0.2, 0.25) is 5.28 Å². The summed E-state index contributed by atoms with van der Waals surface area (Å²) in [5.41, 5.74) is 0.783. The Bertz CT molecular complexity index is 492. The van der Waals surface area contributed by atoms with Crippen LogP contribution in [0.4, 0.5) is 0 Å². The lowest BCUT2D eigenvalue weighted by Crippen LogP contribution is -2.10. The van der Waals surface area contributed by atoms with Crippen LogP contribution < -0.4 is 0 Å². The zero-order valence-electron chi connectivity index (χ0n) is 7.93. The summed E-state index contributed by atoms with van der Waals surface area (Å²) in [7, 11) is 0. The maximum atomic E-state index is 5.76. The highest BCUT2D eigenvalue weighted by Crippen LogP contribution is 2.22. The molecule has 0 amide bonds. The molecule has 15 heavy (non-hydrogen) atoms. The van der Waals surface area contributed by atoms with Gasteiger partial charge in [0.05, 0.1) is 24.2 Å². The van der Waals surface area contributed by atoms with Crippen molar-refractivity contribution >= 4 is 22.6 Å². The molecular formula is C9H9ClN4O. The van der Waals surface area contributed by atoms with Crippen LogP contribution in [0, 0.1) is 0 Å². The van der Waals surface area contributed by atoms with Crippen LogP contribution in [0.15, 0.2) is 12.4 Å². The highest BCUT2D eigenvalue weighted by molar-refractivity contribution is 6.28. The maximum Gasteiger partial charge on any atom is 0.224 e. The summed E-state index contributed by atoms with van der Waals surface area (Å²) in [4.78, 5) is 8.10. The molecule has 1 aliphatic heterocycles. The molecule has 1 atom stereocenters. The first-order valence-corrected chi connectivity index (χ1v) is 5.16. The number of nitrogens with zero attached hydrogens (tertiary/aromatic N) is 4. The molecule has 0 unspecified atom stereocenters. The highest BCUT2D eigenvalue weighted by Gasteiger charge is 2.20.